The second-order valence-corrected chi connectivity index (χ2v) is 8.18. The van der Waals surface area contributed by atoms with Gasteiger partial charge in [-0.05, 0) is 58.7 Å². The number of hydrogen-bond donors (Lipinski definition) is 3. The number of unbranched alkanes of at least 4 members (excludes halogenated alkanes) is 2. The Morgan fingerprint density at radius 2 is 1.86 bits per heavy atom. The number of nitrogen functional groups attached to an aromatic ring is 1. The van der Waals surface area contributed by atoms with Crippen molar-refractivity contribution in [3.63, 3.8) is 0 Å². The quantitative estimate of drug-likeness (QED) is 0.247. The van der Waals surface area contributed by atoms with Crippen molar-refractivity contribution < 1.29 is 9.59 Å². The molecule has 0 bridgehead atoms. The molecule has 0 aliphatic heterocycles. The van der Waals surface area contributed by atoms with Gasteiger partial charge in [-0.25, -0.2) is 0 Å². The lowest BCUT2D eigenvalue weighted by Gasteiger charge is -2.19. The molecule has 1 radical (unpaired) electrons. The van der Waals surface area contributed by atoms with Crippen LogP contribution in [0, 0.1) is 9.99 Å². The van der Waals surface area contributed by atoms with Gasteiger partial charge in [0.15, 0.2) is 0 Å². The van der Waals surface area contributed by atoms with Crippen molar-refractivity contribution >= 4 is 40.1 Å². The van der Waals surface area contributed by atoms with Gasteiger partial charge >= 0.3 is 0 Å². The lowest BCUT2D eigenvalue weighted by Crippen LogP contribution is -2.48. The summed E-state index contributed by atoms with van der Waals surface area (Å²) in [5.41, 5.74) is 8.60. The number of benzene rings is 2. The zero-order valence-corrected chi connectivity index (χ0v) is 18.9. The van der Waals surface area contributed by atoms with E-state index in [2.05, 4.69) is 40.1 Å². The van der Waals surface area contributed by atoms with Gasteiger partial charge < -0.3 is 16.4 Å². The monoisotopic (exact) mass is 506 g/mol. The van der Waals surface area contributed by atoms with Crippen molar-refractivity contribution in [3.05, 3.63) is 69.6 Å². The Kier molecular flexibility index (Phi) is 9.97. The summed E-state index contributed by atoms with van der Waals surface area (Å²) >= 11 is 2.17. The predicted octanol–water partition coefficient (Wildman–Crippen LogP) is 3.65. The first-order valence-electron chi connectivity index (χ1n) is 9.98. The minimum atomic E-state index is -0.629. The molecule has 0 fully saturated rings. The van der Waals surface area contributed by atoms with E-state index in [0.29, 0.717) is 25.1 Å². The molecule has 4 N–H and O–H groups in total. The second-order valence-electron chi connectivity index (χ2n) is 7.01. The number of halogens is 1. The average Bonchev–Trinajstić information content (AvgIpc) is 2.72. The molecule has 2 aromatic rings. The van der Waals surface area contributed by atoms with Gasteiger partial charge in [0.1, 0.15) is 6.04 Å². The number of amides is 2. The maximum absolute atomic E-state index is 12.7. The number of carbonyl (C=O) groups is 2. The van der Waals surface area contributed by atoms with Gasteiger partial charge in [-0.1, -0.05) is 56.2 Å². The van der Waals surface area contributed by atoms with Gasteiger partial charge in [-0.2, -0.15) is 0 Å². The first-order chi connectivity index (χ1) is 14.0. The molecule has 0 aliphatic rings. The third-order valence-corrected chi connectivity index (χ3v) is 5.52. The first-order valence-corrected chi connectivity index (χ1v) is 11.1. The molecule has 0 aromatic heterocycles. The molecular formula is C23H29IN3O2. The molecule has 5 nitrogen and oxygen atoms in total. The van der Waals surface area contributed by atoms with E-state index in [4.69, 9.17) is 5.73 Å². The molecule has 0 spiro atoms. The lowest BCUT2D eigenvalue weighted by atomic mass is 10.0. The number of rotatable bonds is 11. The lowest BCUT2D eigenvalue weighted by molar-refractivity contribution is -0.127. The summed E-state index contributed by atoms with van der Waals surface area (Å²) in [4.78, 5) is 25.2. The summed E-state index contributed by atoms with van der Waals surface area (Å²) in [6.07, 6.45) is 5.62. The van der Waals surface area contributed by atoms with Crippen LogP contribution in [0.3, 0.4) is 0 Å². The molecule has 1 unspecified atom stereocenters. The van der Waals surface area contributed by atoms with Crippen LogP contribution < -0.4 is 16.4 Å². The number of anilines is 1. The summed E-state index contributed by atoms with van der Waals surface area (Å²) in [6.45, 7) is 2.74. The van der Waals surface area contributed by atoms with Crippen molar-refractivity contribution in [2.45, 2.75) is 45.1 Å². The van der Waals surface area contributed by atoms with Crippen LogP contribution in [0.15, 0.2) is 48.5 Å². The average molecular weight is 506 g/mol. The van der Waals surface area contributed by atoms with Crippen LogP contribution in [0.5, 0.6) is 0 Å². The van der Waals surface area contributed by atoms with E-state index in [0.717, 1.165) is 34.0 Å². The highest BCUT2D eigenvalue weighted by Gasteiger charge is 2.21. The maximum Gasteiger partial charge on any atom is 0.242 e. The van der Waals surface area contributed by atoms with Crippen molar-refractivity contribution in [3.8, 4) is 0 Å². The van der Waals surface area contributed by atoms with Crippen LogP contribution in [0.1, 0.15) is 37.3 Å². The molecule has 29 heavy (non-hydrogen) atoms. The van der Waals surface area contributed by atoms with E-state index in [9.17, 15) is 9.59 Å². The molecule has 1 atom stereocenters. The number of nitrogens with two attached hydrogens (primary N) is 1. The predicted molar refractivity (Wildman–Crippen MR) is 126 cm³/mol. The molecular weight excluding hydrogens is 477 g/mol. The van der Waals surface area contributed by atoms with Crippen molar-refractivity contribution in [2.24, 2.45) is 0 Å². The number of carbonyl (C=O) groups excluding carboxylic acids is 2. The van der Waals surface area contributed by atoms with Crippen LogP contribution >= 0.6 is 22.6 Å². The fourth-order valence-corrected chi connectivity index (χ4v) is 3.49. The Labute approximate surface area is 187 Å². The summed E-state index contributed by atoms with van der Waals surface area (Å²) in [7, 11) is 0. The van der Waals surface area contributed by atoms with Gasteiger partial charge in [0.2, 0.25) is 11.8 Å². The highest BCUT2D eigenvalue weighted by molar-refractivity contribution is 14.1. The zero-order chi connectivity index (χ0) is 21.1. The highest BCUT2D eigenvalue weighted by Crippen LogP contribution is 2.17. The molecule has 6 heteroatoms. The van der Waals surface area contributed by atoms with Gasteiger partial charge in [-0.3, -0.25) is 9.59 Å². The summed E-state index contributed by atoms with van der Waals surface area (Å²) < 4.78 is 0.934. The molecule has 2 amide bonds. The van der Waals surface area contributed by atoms with E-state index in [1.54, 1.807) is 6.42 Å². The minimum absolute atomic E-state index is 0.158. The van der Waals surface area contributed by atoms with Gasteiger partial charge in [0.05, 0.1) is 6.42 Å². The van der Waals surface area contributed by atoms with Crippen LogP contribution in [-0.4, -0.2) is 24.4 Å². The third-order valence-electron chi connectivity index (χ3n) is 4.58. The second kappa shape index (κ2) is 12.5. The minimum Gasteiger partial charge on any atom is -0.398 e. The third kappa shape index (κ3) is 8.43. The molecule has 155 valence electrons. The van der Waals surface area contributed by atoms with Crippen molar-refractivity contribution in [1.82, 2.24) is 10.6 Å². The Hall–Kier alpha value is -2.09. The Bertz CT molecular complexity index is 796. The van der Waals surface area contributed by atoms with E-state index < -0.39 is 6.04 Å². The van der Waals surface area contributed by atoms with Crippen LogP contribution in [0.2, 0.25) is 0 Å². The summed E-state index contributed by atoms with van der Waals surface area (Å²) in [5, 5.41) is 5.82. The molecule has 0 heterocycles. The smallest absolute Gasteiger partial charge is 0.242 e. The molecule has 0 saturated carbocycles. The Morgan fingerprint density at radius 3 is 2.55 bits per heavy atom. The van der Waals surface area contributed by atoms with E-state index in [1.807, 2.05) is 48.5 Å². The van der Waals surface area contributed by atoms with Crippen molar-refractivity contribution in [1.29, 1.82) is 0 Å². The molecule has 2 aromatic carbocycles. The van der Waals surface area contributed by atoms with Crippen LogP contribution in [-0.2, 0) is 22.4 Å². The standard InChI is InChI=1S/C23H29IN3O2/c1-2-3-7-14-26-23(29)21(16-18-10-12-20(25)19(24)15-18)27-22(28)13-11-17-8-5-4-6-9-17/h4-6,8-10,12-13,15,21H,2-3,7,11,14,16,25H2,1H3,(H,26,29)(H,27,28). The Balaban J connectivity index is 1.99. The zero-order valence-electron chi connectivity index (χ0n) is 16.8. The van der Waals surface area contributed by atoms with Crippen LogP contribution in [0.25, 0.3) is 0 Å². The highest BCUT2D eigenvalue weighted by atomic mass is 127. The van der Waals surface area contributed by atoms with Crippen molar-refractivity contribution in [2.75, 3.05) is 12.3 Å². The fraction of sp³-hybridized carbons (Fsp3) is 0.348. The normalized spacial score (nSPS) is 11.7. The first kappa shape index (κ1) is 23.2. The fourth-order valence-electron chi connectivity index (χ4n) is 2.91. The van der Waals surface area contributed by atoms with Gasteiger partial charge in [0, 0.05) is 22.2 Å². The van der Waals surface area contributed by atoms with Gasteiger partial charge in [0.25, 0.3) is 0 Å². The van der Waals surface area contributed by atoms with Gasteiger partial charge in [-0.15, -0.1) is 0 Å². The molecule has 0 aliphatic carbocycles. The largest absolute Gasteiger partial charge is 0.398 e. The SMILES string of the molecule is CCCCCNC(=O)C(Cc1ccc(N)c(I)c1)NC(=O)[CH]Cc1ccccc1. The summed E-state index contributed by atoms with van der Waals surface area (Å²) in [6, 6.07) is 14.8. The Morgan fingerprint density at radius 1 is 1.10 bits per heavy atom. The topological polar surface area (TPSA) is 84.2 Å². The molecule has 0 saturated heterocycles. The molecule has 2 rings (SSSR count). The van der Waals surface area contributed by atoms with Crippen LogP contribution in [0.4, 0.5) is 5.69 Å². The number of nitrogens with one attached hydrogen (secondary N) is 2. The van der Waals surface area contributed by atoms with E-state index >= 15 is 0 Å². The maximum atomic E-state index is 12.7. The number of hydrogen-bond acceptors (Lipinski definition) is 3. The summed E-state index contributed by atoms with van der Waals surface area (Å²) in [5.74, 6) is -0.401. The van der Waals surface area contributed by atoms with E-state index in [-0.39, 0.29) is 11.8 Å². The van der Waals surface area contributed by atoms with E-state index in [1.165, 1.54) is 0 Å².